The van der Waals surface area contributed by atoms with Gasteiger partial charge < -0.3 is 17.7 Å². The van der Waals surface area contributed by atoms with Crippen LogP contribution in [0.2, 0.25) is 0 Å². The molecule has 0 saturated heterocycles. The molecule has 0 spiro atoms. The van der Waals surface area contributed by atoms with Gasteiger partial charge in [-0.25, -0.2) is 0 Å². The van der Waals surface area contributed by atoms with Crippen LogP contribution in [-0.2, 0) is 17.7 Å². The lowest BCUT2D eigenvalue weighted by molar-refractivity contribution is -0.0242. The Morgan fingerprint density at radius 3 is 2.00 bits per heavy atom. The predicted octanol–water partition coefficient (Wildman–Crippen LogP) is 3.17. The molecule has 4 nitrogen and oxygen atoms in total. The molecule has 1 aromatic carbocycles. The molecule has 1 rings (SSSR count). The Morgan fingerprint density at radius 1 is 1.11 bits per heavy atom. The fraction of sp³-hybridized carbons (Fsp3) is 0.429. The summed E-state index contributed by atoms with van der Waals surface area (Å²) in [6.07, 6.45) is 2.49. The molecule has 1 atom stereocenters. The highest BCUT2D eigenvalue weighted by Crippen LogP contribution is 2.26. The second-order valence-electron chi connectivity index (χ2n) is 4.00. The molecule has 0 bridgehead atoms. The Balaban J connectivity index is 2.89. The average molecular weight is 282 g/mol. The first-order valence-electron chi connectivity index (χ1n) is 6.20. The van der Waals surface area contributed by atoms with Crippen LogP contribution >= 0.6 is 0 Å². The smallest absolute Gasteiger partial charge is 0.355 e. The van der Waals surface area contributed by atoms with Crippen molar-refractivity contribution in [1.82, 2.24) is 0 Å². The molecule has 0 aromatic heterocycles. The van der Waals surface area contributed by atoms with Crippen LogP contribution in [0.3, 0.4) is 0 Å². The monoisotopic (exact) mass is 282 g/mol. The van der Waals surface area contributed by atoms with Gasteiger partial charge in [0.25, 0.3) is 0 Å². The van der Waals surface area contributed by atoms with Crippen LogP contribution in [0.15, 0.2) is 30.8 Å². The number of benzene rings is 1. The van der Waals surface area contributed by atoms with E-state index in [1.165, 1.54) is 21.3 Å². The van der Waals surface area contributed by atoms with Crippen molar-refractivity contribution >= 4 is 15.1 Å². The summed E-state index contributed by atoms with van der Waals surface area (Å²) < 4.78 is 21.8. The molecule has 0 aliphatic carbocycles. The van der Waals surface area contributed by atoms with Crippen LogP contribution < -0.4 is 0 Å². The van der Waals surface area contributed by atoms with E-state index < -0.39 is 9.05 Å². The summed E-state index contributed by atoms with van der Waals surface area (Å²) >= 11 is 0. The van der Waals surface area contributed by atoms with Crippen molar-refractivity contribution in [2.75, 3.05) is 21.3 Å². The van der Waals surface area contributed by atoms with E-state index in [1.807, 2.05) is 37.3 Å². The molecular weight excluding hydrogens is 260 g/mol. The lowest BCUT2D eigenvalue weighted by Crippen LogP contribution is -2.47. The first kappa shape index (κ1) is 16.1. The van der Waals surface area contributed by atoms with Gasteiger partial charge in [0.1, 0.15) is 0 Å². The van der Waals surface area contributed by atoms with Crippen molar-refractivity contribution in [1.29, 1.82) is 0 Å². The Morgan fingerprint density at radius 2 is 1.63 bits per heavy atom. The second kappa shape index (κ2) is 7.57. The van der Waals surface area contributed by atoms with Gasteiger partial charge in [-0.05, 0) is 17.5 Å². The van der Waals surface area contributed by atoms with Crippen LogP contribution in [0.25, 0.3) is 6.08 Å². The Hall–Kier alpha value is -0.983. The van der Waals surface area contributed by atoms with Crippen molar-refractivity contribution in [2.45, 2.75) is 19.4 Å². The third kappa shape index (κ3) is 3.99. The molecule has 106 valence electrons. The van der Waals surface area contributed by atoms with Gasteiger partial charge in [-0.15, -0.1) is 0 Å². The van der Waals surface area contributed by atoms with E-state index in [0.717, 1.165) is 17.5 Å². The highest BCUT2D eigenvalue weighted by Gasteiger charge is 2.44. The molecular formula is C14H22O4Si. The van der Waals surface area contributed by atoms with Gasteiger partial charge in [-0.1, -0.05) is 43.8 Å². The third-order valence-corrected chi connectivity index (χ3v) is 5.02. The quantitative estimate of drug-likeness (QED) is 0.686. The number of hydrogen-bond donors (Lipinski definition) is 0. The summed E-state index contributed by atoms with van der Waals surface area (Å²) in [6.45, 7) is 5.79. The van der Waals surface area contributed by atoms with Crippen LogP contribution in [0.1, 0.15) is 30.6 Å². The van der Waals surface area contributed by atoms with E-state index in [9.17, 15) is 0 Å². The van der Waals surface area contributed by atoms with E-state index in [-0.39, 0.29) is 6.10 Å². The molecule has 0 aliphatic heterocycles. The van der Waals surface area contributed by atoms with Gasteiger partial charge in [0, 0.05) is 21.3 Å². The summed E-state index contributed by atoms with van der Waals surface area (Å²) in [7, 11) is 1.58. The first-order valence-corrected chi connectivity index (χ1v) is 7.83. The predicted molar refractivity (Wildman–Crippen MR) is 77.4 cm³/mol. The maximum absolute atomic E-state index is 5.94. The number of rotatable bonds is 8. The van der Waals surface area contributed by atoms with Crippen molar-refractivity contribution in [3.05, 3.63) is 42.0 Å². The van der Waals surface area contributed by atoms with Crippen molar-refractivity contribution in [3.63, 3.8) is 0 Å². The molecule has 0 saturated carbocycles. The fourth-order valence-corrected chi connectivity index (χ4v) is 3.24. The van der Waals surface area contributed by atoms with E-state index >= 15 is 0 Å². The lowest BCUT2D eigenvalue weighted by atomic mass is 10.1. The Bertz CT molecular complexity index is 379. The molecule has 0 N–H and O–H groups in total. The second-order valence-corrected chi connectivity index (χ2v) is 6.46. The van der Waals surface area contributed by atoms with Crippen LogP contribution in [-0.4, -0.2) is 30.4 Å². The zero-order chi connectivity index (χ0) is 14.3. The normalized spacial score (nSPS) is 13.3. The molecule has 0 aliphatic rings. The highest BCUT2D eigenvalue weighted by atomic mass is 28.4. The fourth-order valence-electron chi connectivity index (χ4n) is 1.80. The van der Waals surface area contributed by atoms with Crippen molar-refractivity contribution < 1.29 is 17.7 Å². The minimum absolute atomic E-state index is 0.120. The van der Waals surface area contributed by atoms with E-state index in [1.54, 1.807) is 0 Å². The minimum atomic E-state index is -3.03. The standard InChI is InChI=1S/C14H22O4Si/c1-6-12-8-10-13(11-9-12)14(7-2)18-19(15-3,16-4)17-5/h6,8-11,14H,1,7H2,2-5H3. The first-order chi connectivity index (χ1) is 9.14. The maximum atomic E-state index is 5.94. The summed E-state index contributed by atoms with van der Waals surface area (Å²) in [5, 5.41) is 0. The molecule has 0 radical (unpaired) electrons. The van der Waals surface area contributed by atoms with Gasteiger partial charge in [-0.3, -0.25) is 0 Å². The SMILES string of the molecule is C=Cc1ccc(C(CC)O[Si](OC)(OC)OC)cc1. The van der Waals surface area contributed by atoms with Crippen molar-refractivity contribution in [3.8, 4) is 0 Å². The van der Waals surface area contributed by atoms with E-state index in [4.69, 9.17) is 17.7 Å². The number of hydrogen-bond acceptors (Lipinski definition) is 4. The zero-order valence-electron chi connectivity index (χ0n) is 12.0. The largest absolute Gasteiger partial charge is 0.679 e. The van der Waals surface area contributed by atoms with E-state index in [2.05, 4.69) is 6.58 Å². The van der Waals surface area contributed by atoms with Crippen LogP contribution in [0.4, 0.5) is 0 Å². The maximum Gasteiger partial charge on any atom is 0.679 e. The molecule has 1 aromatic rings. The minimum Gasteiger partial charge on any atom is -0.355 e. The van der Waals surface area contributed by atoms with Gasteiger partial charge in [0.15, 0.2) is 0 Å². The summed E-state index contributed by atoms with van der Waals surface area (Å²) in [5.74, 6) is 0. The summed E-state index contributed by atoms with van der Waals surface area (Å²) in [6, 6.07) is 8.05. The molecule has 5 heteroatoms. The average Bonchev–Trinajstić information content (AvgIpc) is 2.50. The molecule has 0 amide bonds. The van der Waals surface area contributed by atoms with Gasteiger partial charge in [0.2, 0.25) is 0 Å². The van der Waals surface area contributed by atoms with E-state index in [0.29, 0.717) is 0 Å². The van der Waals surface area contributed by atoms with Gasteiger partial charge in [0.05, 0.1) is 6.10 Å². The summed E-state index contributed by atoms with van der Waals surface area (Å²) in [5.41, 5.74) is 2.14. The van der Waals surface area contributed by atoms with Crippen LogP contribution in [0, 0.1) is 0 Å². The molecule has 1 unspecified atom stereocenters. The van der Waals surface area contributed by atoms with Crippen molar-refractivity contribution in [2.24, 2.45) is 0 Å². The summed E-state index contributed by atoms with van der Waals surface area (Å²) in [4.78, 5) is 0. The Labute approximate surface area is 116 Å². The molecule has 19 heavy (non-hydrogen) atoms. The highest BCUT2D eigenvalue weighted by molar-refractivity contribution is 6.53. The van der Waals surface area contributed by atoms with Gasteiger partial charge >= 0.3 is 9.05 Å². The lowest BCUT2D eigenvalue weighted by Gasteiger charge is -2.28. The molecule has 0 heterocycles. The van der Waals surface area contributed by atoms with Gasteiger partial charge in [-0.2, -0.15) is 0 Å². The third-order valence-electron chi connectivity index (χ3n) is 2.95. The zero-order valence-corrected chi connectivity index (χ0v) is 13.0. The molecule has 0 fully saturated rings. The van der Waals surface area contributed by atoms with Crippen LogP contribution in [0.5, 0.6) is 0 Å². The Kier molecular flexibility index (Phi) is 6.40. The topological polar surface area (TPSA) is 36.9 Å².